The first kappa shape index (κ1) is 16.4. The topological polar surface area (TPSA) is 58.5 Å². The lowest BCUT2D eigenvalue weighted by atomic mass is 9.77. The van der Waals surface area contributed by atoms with Gasteiger partial charge < -0.3 is 19.0 Å². The number of hydrogen-bond acceptors (Lipinski definition) is 3. The van der Waals surface area contributed by atoms with Crippen molar-refractivity contribution in [2.24, 2.45) is 0 Å². The Balaban J connectivity index is 1.74. The van der Waals surface area contributed by atoms with Gasteiger partial charge in [-0.1, -0.05) is 48.5 Å². The van der Waals surface area contributed by atoms with Crippen LogP contribution >= 0.6 is 0 Å². The highest BCUT2D eigenvalue weighted by molar-refractivity contribution is 6.62. The summed E-state index contributed by atoms with van der Waals surface area (Å²) in [7, 11) is -1.56. The van der Waals surface area contributed by atoms with Gasteiger partial charge >= 0.3 is 7.12 Å². The average molecular weight is 377 g/mol. The first-order valence-electron chi connectivity index (χ1n) is 9.52. The second-order valence-electron chi connectivity index (χ2n) is 7.25. The predicted molar refractivity (Wildman–Crippen MR) is 118 cm³/mol. The third kappa shape index (κ3) is 2.29. The third-order valence-corrected chi connectivity index (χ3v) is 5.63. The van der Waals surface area contributed by atoms with E-state index in [1.807, 2.05) is 30.3 Å². The number of furan rings is 1. The lowest BCUT2D eigenvalue weighted by molar-refractivity contribution is 0.426. The zero-order chi connectivity index (χ0) is 19.5. The Kier molecular flexibility index (Phi) is 3.39. The van der Waals surface area contributed by atoms with Gasteiger partial charge in [0, 0.05) is 27.2 Å². The minimum absolute atomic E-state index is 0.445. The van der Waals surface area contributed by atoms with E-state index in [0.29, 0.717) is 11.0 Å². The van der Waals surface area contributed by atoms with E-state index in [-0.39, 0.29) is 0 Å². The Bertz CT molecular complexity index is 1490. The van der Waals surface area contributed by atoms with E-state index in [9.17, 15) is 10.0 Å². The lowest BCUT2D eigenvalue weighted by Crippen LogP contribution is -2.30. The van der Waals surface area contributed by atoms with Gasteiger partial charge in [-0.15, -0.1) is 0 Å². The Morgan fingerprint density at radius 2 is 1.34 bits per heavy atom. The van der Waals surface area contributed by atoms with Gasteiger partial charge in [0.15, 0.2) is 0 Å². The molecule has 0 aliphatic heterocycles. The molecule has 0 amide bonds. The summed E-state index contributed by atoms with van der Waals surface area (Å²) >= 11 is 0. The molecule has 4 nitrogen and oxygen atoms in total. The van der Waals surface area contributed by atoms with Gasteiger partial charge in [0.25, 0.3) is 0 Å². The van der Waals surface area contributed by atoms with E-state index >= 15 is 0 Å². The van der Waals surface area contributed by atoms with Gasteiger partial charge in [0.05, 0.1) is 11.0 Å². The second kappa shape index (κ2) is 5.98. The number of fused-ring (bicyclic) bond motifs is 6. The van der Waals surface area contributed by atoms with Crippen molar-refractivity contribution in [3.63, 3.8) is 0 Å². The van der Waals surface area contributed by atoms with Crippen molar-refractivity contribution in [2.75, 3.05) is 0 Å². The fraction of sp³-hybridized carbons (Fsp3) is 0. The van der Waals surface area contributed by atoms with Gasteiger partial charge in [0.1, 0.15) is 11.2 Å². The standard InChI is InChI=1S/C24H16BNO3/c27-25(28)19-8-5-11-23-24(19)18-14-15(12-13-22(18)29-23)26-20-9-3-1-6-16(20)17-7-2-4-10-21(17)26/h1-14,27-28H. The van der Waals surface area contributed by atoms with Crippen molar-refractivity contribution in [3.8, 4) is 5.69 Å². The molecule has 0 aliphatic rings. The molecule has 29 heavy (non-hydrogen) atoms. The molecule has 0 saturated carbocycles. The average Bonchev–Trinajstić information content (AvgIpc) is 3.28. The molecule has 0 aliphatic carbocycles. The number of rotatable bonds is 2. The van der Waals surface area contributed by atoms with Crippen LogP contribution in [0, 0.1) is 0 Å². The molecule has 4 aromatic carbocycles. The van der Waals surface area contributed by atoms with Crippen LogP contribution in [-0.2, 0) is 0 Å². The van der Waals surface area contributed by atoms with Gasteiger partial charge in [0.2, 0.25) is 0 Å². The SMILES string of the molecule is OB(O)c1cccc2oc3ccc(-n4c5ccccc5c5ccccc54)cc3c12. The number of para-hydroxylation sites is 2. The first-order chi connectivity index (χ1) is 14.2. The number of nitrogens with zero attached hydrogens (tertiary/aromatic N) is 1. The van der Waals surface area contributed by atoms with E-state index in [1.54, 1.807) is 12.1 Å². The summed E-state index contributed by atoms with van der Waals surface area (Å²) in [5.41, 5.74) is 5.06. The molecule has 0 bridgehead atoms. The van der Waals surface area contributed by atoms with Gasteiger partial charge in [-0.2, -0.15) is 0 Å². The van der Waals surface area contributed by atoms with Crippen molar-refractivity contribution in [1.82, 2.24) is 4.57 Å². The highest BCUT2D eigenvalue weighted by atomic mass is 16.4. The van der Waals surface area contributed by atoms with Crippen molar-refractivity contribution in [1.29, 1.82) is 0 Å². The molecule has 0 unspecified atom stereocenters. The number of hydrogen-bond donors (Lipinski definition) is 2. The van der Waals surface area contributed by atoms with Crippen LogP contribution in [-0.4, -0.2) is 21.7 Å². The quantitative estimate of drug-likeness (QED) is 0.441. The van der Waals surface area contributed by atoms with Crippen LogP contribution in [0.5, 0.6) is 0 Å². The van der Waals surface area contributed by atoms with E-state index in [0.717, 1.165) is 33.1 Å². The van der Waals surface area contributed by atoms with Crippen molar-refractivity contribution in [2.45, 2.75) is 0 Å². The maximum absolute atomic E-state index is 9.84. The molecule has 5 heteroatoms. The van der Waals surface area contributed by atoms with Crippen LogP contribution in [0.15, 0.2) is 89.3 Å². The molecule has 138 valence electrons. The molecule has 0 fully saturated rings. The van der Waals surface area contributed by atoms with E-state index in [1.165, 1.54) is 10.8 Å². The van der Waals surface area contributed by atoms with Crippen molar-refractivity contribution in [3.05, 3.63) is 84.9 Å². The van der Waals surface area contributed by atoms with Gasteiger partial charge in [-0.25, -0.2) is 0 Å². The summed E-state index contributed by atoms with van der Waals surface area (Å²) in [4.78, 5) is 0. The Labute approximate surface area is 166 Å². The zero-order valence-electron chi connectivity index (χ0n) is 15.4. The Morgan fingerprint density at radius 3 is 2.03 bits per heavy atom. The molecule has 0 atom stereocenters. The van der Waals surface area contributed by atoms with Crippen LogP contribution in [0.1, 0.15) is 0 Å². The smallest absolute Gasteiger partial charge is 0.456 e. The molecule has 2 aromatic heterocycles. The number of benzene rings is 4. The molecular formula is C24H16BNO3. The molecule has 0 saturated heterocycles. The van der Waals surface area contributed by atoms with Gasteiger partial charge in [-0.05, 0) is 41.9 Å². The normalized spacial score (nSPS) is 11.8. The van der Waals surface area contributed by atoms with Crippen LogP contribution < -0.4 is 5.46 Å². The first-order valence-corrected chi connectivity index (χ1v) is 9.52. The highest BCUT2D eigenvalue weighted by Gasteiger charge is 2.20. The zero-order valence-corrected chi connectivity index (χ0v) is 15.4. The van der Waals surface area contributed by atoms with Gasteiger partial charge in [-0.3, -0.25) is 0 Å². The summed E-state index contributed by atoms with van der Waals surface area (Å²) < 4.78 is 8.20. The largest absolute Gasteiger partial charge is 0.489 e. The molecule has 6 rings (SSSR count). The highest BCUT2D eigenvalue weighted by Crippen LogP contribution is 2.34. The van der Waals surface area contributed by atoms with Crippen LogP contribution in [0.3, 0.4) is 0 Å². The van der Waals surface area contributed by atoms with E-state index in [2.05, 4.69) is 47.0 Å². The summed E-state index contributed by atoms with van der Waals surface area (Å²) in [6.45, 7) is 0. The Hall–Kier alpha value is -3.54. The minimum atomic E-state index is -1.56. The van der Waals surface area contributed by atoms with E-state index < -0.39 is 7.12 Å². The summed E-state index contributed by atoms with van der Waals surface area (Å²) in [5, 5.41) is 23.7. The van der Waals surface area contributed by atoms with Crippen LogP contribution in [0.4, 0.5) is 0 Å². The van der Waals surface area contributed by atoms with Crippen molar-refractivity contribution < 1.29 is 14.5 Å². The molecule has 0 radical (unpaired) electrons. The second-order valence-corrected chi connectivity index (χ2v) is 7.25. The predicted octanol–water partition coefficient (Wildman–Crippen LogP) is 4.36. The van der Waals surface area contributed by atoms with Crippen LogP contribution in [0.2, 0.25) is 0 Å². The van der Waals surface area contributed by atoms with E-state index in [4.69, 9.17) is 4.42 Å². The van der Waals surface area contributed by atoms with Crippen LogP contribution in [0.25, 0.3) is 49.4 Å². The third-order valence-electron chi connectivity index (χ3n) is 5.63. The molecule has 0 spiro atoms. The minimum Gasteiger partial charge on any atom is -0.456 e. The maximum Gasteiger partial charge on any atom is 0.489 e. The Morgan fingerprint density at radius 1 is 0.655 bits per heavy atom. The fourth-order valence-electron chi connectivity index (χ4n) is 4.40. The molecule has 2 N–H and O–H groups in total. The lowest BCUT2D eigenvalue weighted by Gasteiger charge is -2.08. The summed E-state index contributed by atoms with van der Waals surface area (Å²) in [6.07, 6.45) is 0. The van der Waals surface area contributed by atoms with Crippen molar-refractivity contribution >= 4 is 56.3 Å². The number of aromatic nitrogens is 1. The molecule has 6 aromatic rings. The summed E-state index contributed by atoms with van der Waals surface area (Å²) in [5.74, 6) is 0. The maximum atomic E-state index is 9.84. The monoisotopic (exact) mass is 377 g/mol. The summed E-state index contributed by atoms with van der Waals surface area (Å²) in [6, 6.07) is 28.1. The molecular weight excluding hydrogens is 361 g/mol. The fourth-order valence-corrected chi connectivity index (χ4v) is 4.40. The molecule has 2 heterocycles.